The zero-order chi connectivity index (χ0) is 20.8. The number of hydrogen-bond acceptors (Lipinski definition) is 7. The fourth-order valence-electron chi connectivity index (χ4n) is 4.71. The molecule has 1 aliphatic carbocycles. The molecule has 4 aromatic rings. The number of rotatable bonds is 4. The van der Waals surface area contributed by atoms with Gasteiger partial charge in [-0.25, -0.2) is 9.50 Å². The van der Waals surface area contributed by atoms with E-state index in [2.05, 4.69) is 55.3 Å². The Hall–Kier alpha value is -3.10. The van der Waals surface area contributed by atoms with E-state index in [0.29, 0.717) is 18.0 Å². The molecule has 8 heteroatoms. The van der Waals surface area contributed by atoms with Gasteiger partial charge in [0.2, 0.25) is 5.95 Å². The first-order chi connectivity index (χ1) is 15.2. The second-order valence-corrected chi connectivity index (χ2v) is 8.71. The first-order valence-electron chi connectivity index (χ1n) is 11.0. The average Bonchev–Trinajstić information content (AvgIpc) is 3.20. The number of piperazine rings is 1. The van der Waals surface area contributed by atoms with Crippen molar-refractivity contribution in [1.29, 1.82) is 0 Å². The summed E-state index contributed by atoms with van der Waals surface area (Å²) < 4.78 is 1.90. The van der Waals surface area contributed by atoms with Gasteiger partial charge in [0, 0.05) is 62.4 Å². The van der Waals surface area contributed by atoms with E-state index < -0.39 is 0 Å². The van der Waals surface area contributed by atoms with Gasteiger partial charge in [-0.15, -0.1) is 5.10 Å². The summed E-state index contributed by atoms with van der Waals surface area (Å²) in [6.07, 6.45) is 9.67. The number of hydrogen-bond donors (Lipinski definition) is 1. The Labute approximate surface area is 180 Å². The van der Waals surface area contributed by atoms with Crippen molar-refractivity contribution in [2.45, 2.75) is 24.9 Å². The molecule has 6 rings (SSSR count). The lowest BCUT2D eigenvalue weighted by Crippen LogP contribution is -2.55. The number of aromatic nitrogens is 5. The van der Waals surface area contributed by atoms with Gasteiger partial charge in [-0.2, -0.15) is 0 Å². The van der Waals surface area contributed by atoms with Gasteiger partial charge in [0.15, 0.2) is 0 Å². The van der Waals surface area contributed by atoms with Crippen LogP contribution in [0, 0.1) is 0 Å². The first kappa shape index (κ1) is 18.7. The van der Waals surface area contributed by atoms with E-state index in [1.54, 1.807) is 12.4 Å². The summed E-state index contributed by atoms with van der Waals surface area (Å²) in [6, 6.07) is 9.38. The lowest BCUT2D eigenvalue weighted by Gasteiger charge is -2.46. The lowest BCUT2D eigenvalue weighted by atomic mass is 9.85. The Balaban J connectivity index is 1.16. The monoisotopic (exact) mass is 414 g/mol. The molecule has 1 aromatic carbocycles. The van der Waals surface area contributed by atoms with Crippen LogP contribution in [-0.4, -0.2) is 79.7 Å². The highest BCUT2D eigenvalue weighted by Gasteiger charge is 2.35. The van der Waals surface area contributed by atoms with Crippen LogP contribution in [0.4, 0.5) is 5.95 Å². The minimum Gasteiger partial charge on any atom is -0.350 e. The first-order valence-corrected chi connectivity index (χ1v) is 11.0. The lowest BCUT2D eigenvalue weighted by molar-refractivity contribution is 0.0656. The van der Waals surface area contributed by atoms with E-state index in [-0.39, 0.29) is 0 Å². The van der Waals surface area contributed by atoms with E-state index in [0.717, 1.165) is 27.7 Å². The molecule has 158 valence electrons. The minimum atomic E-state index is 0.455. The van der Waals surface area contributed by atoms with E-state index in [1.807, 2.05) is 23.0 Å². The summed E-state index contributed by atoms with van der Waals surface area (Å²) in [6.45, 7) is 4.72. The number of nitrogens with one attached hydrogen (secondary N) is 1. The third kappa shape index (κ3) is 3.51. The van der Waals surface area contributed by atoms with Gasteiger partial charge in [-0.05, 0) is 43.7 Å². The van der Waals surface area contributed by atoms with Crippen molar-refractivity contribution in [1.82, 2.24) is 34.4 Å². The smallest absolute Gasteiger partial charge is 0.241 e. The Kier molecular flexibility index (Phi) is 4.54. The SMILES string of the molecule is CN1CCN([C@H]2C[C@H](Nc3ncc4c(-c5ccc6nccnc6c5)ccn4n3)C2)CC1. The molecule has 4 heterocycles. The van der Waals surface area contributed by atoms with E-state index in [1.165, 1.54) is 39.0 Å². The predicted octanol–water partition coefficient (Wildman–Crippen LogP) is 2.53. The number of anilines is 1. The largest absolute Gasteiger partial charge is 0.350 e. The Morgan fingerprint density at radius 1 is 0.935 bits per heavy atom. The molecule has 8 nitrogen and oxygen atoms in total. The van der Waals surface area contributed by atoms with Gasteiger partial charge >= 0.3 is 0 Å². The molecule has 1 saturated heterocycles. The van der Waals surface area contributed by atoms with Crippen molar-refractivity contribution in [2.24, 2.45) is 0 Å². The molecule has 1 saturated carbocycles. The molecule has 0 amide bonds. The van der Waals surface area contributed by atoms with Gasteiger partial charge < -0.3 is 10.2 Å². The van der Waals surface area contributed by atoms with Crippen molar-refractivity contribution in [2.75, 3.05) is 38.5 Å². The summed E-state index contributed by atoms with van der Waals surface area (Å²) >= 11 is 0. The average molecular weight is 415 g/mol. The van der Waals surface area contributed by atoms with Crippen LogP contribution in [0.5, 0.6) is 0 Å². The fourth-order valence-corrected chi connectivity index (χ4v) is 4.71. The summed E-state index contributed by atoms with van der Waals surface area (Å²) in [7, 11) is 2.21. The van der Waals surface area contributed by atoms with Gasteiger partial charge in [0.05, 0.1) is 22.7 Å². The van der Waals surface area contributed by atoms with Crippen molar-refractivity contribution >= 4 is 22.5 Å². The molecule has 2 aliphatic rings. The zero-order valence-electron chi connectivity index (χ0n) is 17.6. The second-order valence-electron chi connectivity index (χ2n) is 8.71. The molecule has 0 radical (unpaired) electrons. The molecule has 1 aliphatic heterocycles. The molecule has 31 heavy (non-hydrogen) atoms. The highest BCUT2D eigenvalue weighted by molar-refractivity contribution is 5.86. The maximum Gasteiger partial charge on any atom is 0.241 e. The van der Waals surface area contributed by atoms with E-state index in [9.17, 15) is 0 Å². The molecule has 0 atom stereocenters. The number of nitrogens with zero attached hydrogens (tertiary/aromatic N) is 7. The van der Waals surface area contributed by atoms with E-state index in [4.69, 9.17) is 5.10 Å². The molecular weight excluding hydrogens is 388 g/mol. The van der Waals surface area contributed by atoms with Crippen LogP contribution in [-0.2, 0) is 0 Å². The third-order valence-electron chi connectivity index (χ3n) is 6.70. The molecule has 2 fully saturated rings. The van der Waals surface area contributed by atoms with Crippen LogP contribution in [0.15, 0.2) is 49.1 Å². The molecule has 1 N–H and O–H groups in total. The predicted molar refractivity (Wildman–Crippen MR) is 121 cm³/mol. The van der Waals surface area contributed by atoms with Crippen LogP contribution in [0.2, 0.25) is 0 Å². The normalized spacial score (nSPS) is 22.6. The summed E-state index contributed by atoms with van der Waals surface area (Å²) in [5.41, 5.74) is 4.95. The standard InChI is InChI=1S/C23H26N8/c1-29-8-10-30(11-9-29)18-13-17(14-18)27-23-26-15-22-19(4-7-31(22)28-23)16-2-3-20-21(12-16)25-6-5-24-20/h2-7,12,15,17-18H,8-11,13-14H2,1H3,(H,27,28)/t17-,18-. The zero-order valence-corrected chi connectivity index (χ0v) is 17.6. The Morgan fingerprint density at radius 2 is 1.74 bits per heavy atom. The highest BCUT2D eigenvalue weighted by atomic mass is 15.3. The van der Waals surface area contributed by atoms with Gasteiger partial charge in [-0.3, -0.25) is 14.9 Å². The van der Waals surface area contributed by atoms with Crippen LogP contribution >= 0.6 is 0 Å². The summed E-state index contributed by atoms with van der Waals surface area (Å²) in [5.74, 6) is 0.695. The number of likely N-dealkylation sites (N-methyl/N-ethyl adjacent to an activating group) is 1. The van der Waals surface area contributed by atoms with E-state index >= 15 is 0 Å². The van der Waals surface area contributed by atoms with Gasteiger partial charge in [0.25, 0.3) is 0 Å². The van der Waals surface area contributed by atoms with Crippen molar-refractivity contribution < 1.29 is 0 Å². The fraction of sp³-hybridized carbons (Fsp3) is 0.391. The number of benzene rings is 1. The van der Waals surface area contributed by atoms with Crippen LogP contribution < -0.4 is 5.32 Å². The summed E-state index contributed by atoms with van der Waals surface area (Å²) in [5, 5.41) is 8.22. The maximum atomic E-state index is 4.70. The molecular formula is C23H26N8. The Morgan fingerprint density at radius 3 is 2.58 bits per heavy atom. The topological polar surface area (TPSA) is 74.5 Å². The molecule has 0 unspecified atom stereocenters. The maximum absolute atomic E-state index is 4.70. The third-order valence-corrected chi connectivity index (χ3v) is 6.70. The second kappa shape index (κ2) is 7.55. The van der Waals surface area contributed by atoms with Crippen LogP contribution in [0.1, 0.15) is 12.8 Å². The quantitative estimate of drug-likeness (QED) is 0.550. The summed E-state index contributed by atoms with van der Waals surface area (Å²) in [4.78, 5) is 18.4. The Bertz CT molecular complexity index is 1220. The highest BCUT2D eigenvalue weighted by Crippen LogP contribution is 2.30. The van der Waals surface area contributed by atoms with Gasteiger partial charge in [-0.1, -0.05) is 6.07 Å². The molecule has 3 aromatic heterocycles. The molecule has 0 bridgehead atoms. The van der Waals surface area contributed by atoms with Crippen molar-refractivity contribution in [3.8, 4) is 11.1 Å². The van der Waals surface area contributed by atoms with Crippen molar-refractivity contribution in [3.63, 3.8) is 0 Å². The van der Waals surface area contributed by atoms with Crippen LogP contribution in [0.25, 0.3) is 27.7 Å². The number of fused-ring (bicyclic) bond motifs is 2. The van der Waals surface area contributed by atoms with Crippen LogP contribution in [0.3, 0.4) is 0 Å². The van der Waals surface area contributed by atoms with Crippen molar-refractivity contribution in [3.05, 3.63) is 49.1 Å². The molecule has 0 spiro atoms. The van der Waals surface area contributed by atoms with Gasteiger partial charge in [0.1, 0.15) is 0 Å². The minimum absolute atomic E-state index is 0.455.